The van der Waals surface area contributed by atoms with Crippen molar-refractivity contribution in [1.82, 2.24) is 0 Å². The Hall–Kier alpha value is -1.38. The Labute approximate surface area is 84.6 Å². The van der Waals surface area contributed by atoms with Crippen molar-refractivity contribution in [1.29, 1.82) is 0 Å². The maximum Gasteiger partial charge on any atom is 0.129 e. The molecule has 0 radical (unpaired) electrons. The topological polar surface area (TPSA) is 27.7 Å². The third-order valence-corrected chi connectivity index (χ3v) is 2.17. The van der Waals surface area contributed by atoms with Gasteiger partial charge in [0.15, 0.2) is 0 Å². The van der Waals surface area contributed by atoms with E-state index < -0.39 is 0 Å². The summed E-state index contributed by atoms with van der Waals surface area (Å²) >= 11 is 0. The van der Waals surface area contributed by atoms with Gasteiger partial charge in [-0.3, -0.25) is 0 Å². The van der Waals surface area contributed by atoms with Crippen molar-refractivity contribution in [2.45, 2.75) is 13.3 Å². The first-order valence-electron chi connectivity index (χ1n) is 4.55. The summed E-state index contributed by atoms with van der Waals surface area (Å²) in [6.45, 7) is 2.06. The summed E-state index contributed by atoms with van der Waals surface area (Å²) in [7, 11) is 4.92. The summed E-state index contributed by atoms with van der Waals surface area (Å²) in [5.74, 6) is 2.36. The second-order valence-corrected chi connectivity index (χ2v) is 2.86. The average molecular weight is 196 g/mol. The van der Waals surface area contributed by atoms with Gasteiger partial charge >= 0.3 is 0 Å². The Balaban J connectivity index is 3.24. The molecular formula is C11H16O3. The second-order valence-electron chi connectivity index (χ2n) is 2.86. The lowest BCUT2D eigenvalue weighted by molar-refractivity contribution is 0.369. The molecule has 3 heteroatoms. The lowest BCUT2D eigenvalue weighted by Gasteiger charge is -2.13. The summed E-state index contributed by atoms with van der Waals surface area (Å²) in [5, 5.41) is 0. The van der Waals surface area contributed by atoms with Gasteiger partial charge in [-0.2, -0.15) is 0 Å². The van der Waals surface area contributed by atoms with Gasteiger partial charge in [0.2, 0.25) is 0 Å². The highest BCUT2D eigenvalue weighted by atomic mass is 16.5. The van der Waals surface area contributed by atoms with Crippen LogP contribution in [-0.4, -0.2) is 21.3 Å². The van der Waals surface area contributed by atoms with Crippen LogP contribution < -0.4 is 14.2 Å². The van der Waals surface area contributed by atoms with E-state index in [0.717, 1.165) is 29.2 Å². The zero-order valence-electron chi connectivity index (χ0n) is 9.09. The van der Waals surface area contributed by atoms with E-state index in [4.69, 9.17) is 14.2 Å². The number of hydrogen-bond donors (Lipinski definition) is 0. The maximum absolute atomic E-state index is 5.26. The van der Waals surface area contributed by atoms with E-state index in [0.29, 0.717) is 0 Å². The number of benzene rings is 1. The predicted molar refractivity (Wildman–Crippen MR) is 55.5 cm³/mol. The Morgan fingerprint density at radius 3 is 1.71 bits per heavy atom. The van der Waals surface area contributed by atoms with E-state index in [-0.39, 0.29) is 0 Å². The van der Waals surface area contributed by atoms with Gasteiger partial charge in [0.05, 0.1) is 21.3 Å². The van der Waals surface area contributed by atoms with Crippen LogP contribution in [0.4, 0.5) is 0 Å². The molecule has 78 valence electrons. The highest BCUT2D eigenvalue weighted by Gasteiger charge is 2.10. The molecule has 0 saturated heterocycles. The molecule has 1 rings (SSSR count). The molecule has 0 unspecified atom stereocenters. The first-order valence-corrected chi connectivity index (χ1v) is 4.55. The van der Waals surface area contributed by atoms with Gasteiger partial charge in [0, 0.05) is 17.7 Å². The van der Waals surface area contributed by atoms with E-state index in [1.165, 1.54) is 0 Å². The van der Waals surface area contributed by atoms with Crippen molar-refractivity contribution in [3.63, 3.8) is 0 Å². The van der Waals surface area contributed by atoms with Crippen LogP contribution in [0.2, 0.25) is 0 Å². The van der Waals surface area contributed by atoms with Crippen molar-refractivity contribution >= 4 is 0 Å². The van der Waals surface area contributed by atoms with E-state index in [2.05, 4.69) is 6.92 Å². The van der Waals surface area contributed by atoms with Gasteiger partial charge in [-0.05, 0) is 6.42 Å². The molecular weight excluding hydrogens is 180 g/mol. The molecule has 0 saturated carbocycles. The van der Waals surface area contributed by atoms with Crippen molar-refractivity contribution in [2.24, 2.45) is 0 Å². The molecule has 14 heavy (non-hydrogen) atoms. The molecule has 0 aromatic heterocycles. The van der Waals surface area contributed by atoms with Gasteiger partial charge < -0.3 is 14.2 Å². The fraction of sp³-hybridized carbons (Fsp3) is 0.455. The van der Waals surface area contributed by atoms with Gasteiger partial charge in [-0.25, -0.2) is 0 Å². The SMILES string of the molecule is CCc1c(OC)cc(OC)cc1OC. The third kappa shape index (κ3) is 1.92. The summed E-state index contributed by atoms with van der Waals surface area (Å²) < 4.78 is 15.7. The summed E-state index contributed by atoms with van der Waals surface area (Å²) in [4.78, 5) is 0. The van der Waals surface area contributed by atoms with Crippen molar-refractivity contribution in [2.75, 3.05) is 21.3 Å². The molecule has 0 aliphatic rings. The highest BCUT2D eigenvalue weighted by Crippen LogP contribution is 2.33. The molecule has 1 aromatic carbocycles. The number of ether oxygens (including phenoxy) is 3. The van der Waals surface area contributed by atoms with Crippen molar-refractivity contribution in [3.8, 4) is 17.2 Å². The van der Waals surface area contributed by atoms with Crippen LogP contribution in [0.25, 0.3) is 0 Å². The zero-order chi connectivity index (χ0) is 10.6. The fourth-order valence-electron chi connectivity index (χ4n) is 1.43. The Morgan fingerprint density at radius 2 is 1.43 bits per heavy atom. The Kier molecular flexibility index (Phi) is 3.63. The quantitative estimate of drug-likeness (QED) is 0.739. The van der Waals surface area contributed by atoms with Crippen molar-refractivity contribution in [3.05, 3.63) is 17.7 Å². The first kappa shape index (κ1) is 10.7. The first-order chi connectivity index (χ1) is 6.76. The summed E-state index contributed by atoms with van der Waals surface area (Å²) in [5.41, 5.74) is 1.07. The molecule has 0 bridgehead atoms. The van der Waals surface area contributed by atoms with Crippen LogP contribution in [0, 0.1) is 0 Å². The normalized spacial score (nSPS) is 9.71. The predicted octanol–water partition coefficient (Wildman–Crippen LogP) is 2.27. The molecule has 1 aromatic rings. The highest BCUT2D eigenvalue weighted by molar-refractivity contribution is 5.50. The van der Waals surface area contributed by atoms with E-state index in [1.807, 2.05) is 12.1 Å². The molecule has 0 amide bonds. The zero-order valence-corrected chi connectivity index (χ0v) is 9.09. The van der Waals surface area contributed by atoms with Crippen LogP contribution in [0.3, 0.4) is 0 Å². The van der Waals surface area contributed by atoms with Crippen molar-refractivity contribution < 1.29 is 14.2 Å². The van der Waals surface area contributed by atoms with Gasteiger partial charge in [0.1, 0.15) is 17.2 Å². The van der Waals surface area contributed by atoms with Crippen LogP contribution in [0.15, 0.2) is 12.1 Å². The van der Waals surface area contributed by atoms with Crippen LogP contribution >= 0.6 is 0 Å². The fourth-order valence-corrected chi connectivity index (χ4v) is 1.43. The van der Waals surface area contributed by atoms with Crippen LogP contribution in [0.1, 0.15) is 12.5 Å². The third-order valence-electron chi connectivity index (χ3n) is 2.17. The van der Waals surface area contributed by atoms with Crippen LogP contribution in [0.5, 0.6) is 17.2 Å². The second kappa shape index (κ2) is 4.74. The van der Waals surface area contributed by atoms with E-state index in [9.17, 15) is 0 Å². The molecule has 0 fully saturated rings. The Bertz CT molecular complexity index is 282. The lowest BCUT2D eigenvalue weighted by atomic mass is 10.1. The monoisotopic (exact) mass is 196 g/mol. The van der Waals surface area contributed by atoms with E-state index >= 15 is 0 Å². The minimum absolute atomic E-state index is 0.746. The van der Waals surface area contributed by atoms with Gasteiger partial charge in [-0.15, -0.1) is 0 Å². The Morgan fingerprint density at radius 1 is 0.929 bits per heavy atom. The minimum atomic E-state index is 0.746. The molecule has 0 N–H and O–H groups in total. The van der Waals surface area contributed by atoms with Crippen LogP contribution in [-0.2, 0) is 6.42 Å². The minimum Gasteiger partial charge on any atom is -0.496 e. The molecule has 0 aliphatic carbocycles. The van der Waals surface area contributed by atoms with Gasteiger partial charge in [-0.1, -0.05) is 6.92 Å². The number of rotatable bonds is 4. The molecule has 3 nitrogen and oxygen atoms in total. The number of hydrogen-bond acceptors (Lipinski definition) is 3. The standard InChI is InChI=1S/C11H16O3/c1-5-9-10(13-3)6-8(12-2)7-11(9)14-4/h6-7H,5H2,1-4H3. The molecule has 0 spiro atoms. The largest absolute Gasteiger partial charge is 0.496 e. The average Bonchev–Trinajstić information content (AvgIpc) is 2.26. The summed E-state index contributed by atoms with van der Waals surface area (Å²) in [6.07, 6.45) is 0.871. The van der Waals surface area contributed by atoms with E-state index in [1.54, 1.807) is 21.3 Å². The lowest BCUT2D eigenvalue weighted by Crippen LogP contribution is -1.97. The van der Waals surface area contributed by atoms with Gasteiger partial charge in [0.25, 0.3) is 0 Å². The number of methoxy groups -OCH3 is 3. The smallest absolute Gasteiger partial charge is 0.129 e. The maximum atomic E-state index is 5.26. The molecule has 0 aliphatic heterocycles. The molecule has 0 atom stereocenters. The summed E-state index contributed by atoms with van der Waals surface area (Å²) in [6, 6.07) is 3.72. The molecule has 0 heterocycles.